The number of hydrogen-bond acceptors (Lipinski definition) is 5. The summed E-state index contributed by atoms with van der Waals surface area (Å²) in [4.78, 5) is 16.5. The second-order valence-electron chi connectivity index (χ2n) is 4.03. The summed E-state index contributed by atoms with van der Waals surface area (Å²) in [6.45, 7) is 0.617. The molecule has 19 heavy (non-hydrogen) atoms. The summed E-state index contributed by atoms with van der Waals surface area (Å²) in [6, 6.07) is 11.3. The van der Waals surface area contributed by atoms with Gasteiger partial charge >= 0.3 is 0 Å². The van der Waals surface area contributed by atoms with Gasteiger partial charge in [0.15, 0.2) is 16.5 Å². The van der Waals surface area contributed by atoms with Gasteiger partial charge in [-0.1, -0.05) is 30.0 Å². The Kier molecular flexibility index (Phi) is 2.97. The Hall–Kier alpha value is -2.26. The van der Waals surface area contributed by atoms with Crippen molar-refractivity contribution in [3.05, 3.63) is 46.2 Å². The molecule has 3 rings (SSSR count). The highest BCUT2D eigenvalue weighted by Crippen LogP contribution is 2.25. The van der Waals surface area contributed by atoms with Crippen molar-refractivity contribution in [3.8, 4) is 6.07 Å². The van der Waals surface area contributed by atoms with Crippen molar-refractivity contribution < 1.29 is 0 Å². The van der Waals surface area contributed by atoms with Gasteiger partial charge in [0, 0.05) is 18.0 Å². The molecule has 0 fully saturated rings. The number of fused-ring (bicyclic) bond motifs is 1. The van der Waals surface area contributed by atoms with Gasteiger partial charge in [0.2, 0.25) is 0 Å². The number of nitriles is 1. The topological polar surface area (TPSA) is 70.7 Å². The van der Waals surface area contributed by atoms with Gasteiger partial charge in [-0.15, -0.1) is 0 Å². The van der Waals surface area contributed by atoms with Crippen molar-refractivity contribution >= 4 is 23.3 Å². The van der Waals surface area contributed by atoms with E-state index in [0.717, 1.165) is 11.4 Å². The number of aromatic nitrogens is 2. The normalized spacial score (nSPS) is 12.8. The van der Waals surface area contributed by atoms with E-state index in [9.17, 15) is 4.79 Å². The van der Waals surface area contributed by atoms with E-state index in [4.69, 9.17) is 5.26 Å². The molecular weight excluding hydrogens is 260 g/mol. The van der Waals surface area contributed by atoms with Crippen LogP contribution in [0.4, 0.5) is 11.5 Å². The van der Waals surface area contributed by atoms with E-state index in [2.05, 4.69) is 10.3 Å². The number of para-hydroxylation sites is 1. The van der Waals surface area contributed by atoms with Crippen LogP contribution in [0.15, 0.2) is 40.3 Å². The minimum Gasteiger partial charge on any atom is -0.339 e. The zero-order chi connectivity index (χ0) is 13.2. The number of nitrogens with one attached hydrogen (secondary N) is 1. The Balaban J connectivity index is 2.09. The van der Waals surface area contributed by atoms with Crippen LogP contribution >= 0.6 is 11.8 Å². The van der Waals surface area contributed by atoms with Gasteiger partial charge in [-0.2, -0.15) is 5.26 Å². The molecule has 1 aliphatic rings. The van der Waals surface area contributed by atoms with E-state index in [1.807, 2.05) is 36.4 Å². The molecule has 6 heteroatoms. The standard InChI is InChI=1S/C13H10N4OS/c14-8-10-11(15-9-4-2-1-3-5-9)16-13-17(12(10)18)6-7-19-13/h1-5,15H,6-7H2. The first-order chi connectivity index (χ1) is 9.29. The van der Waals surface area contributed by atoms with Crippen LogP contribution in [-0.2, 0) is 6.54 Å². The molecule has 0 atom stereocenters. The fourth-order valence-electron chi connectivity index (χ4n) is 1.92. The first-order valence-electron chi connectivity index (χ1n) is 5.79. The maximum atomic E-state index is 12.2. The molecule has 1 aromatic carbocycles. The number of benzene rings is 1. The largest absolute Gasteiger partial charge is 0.339 e. The smallest absolute Gasteiger partial charge is 0.274 e. The number of anilines is 2. The Bertz CT molecular complexity index is 718. The zero-order valence-electron chi connectivity index (χ0n) is 9.96. The molecule has 0 unspecified atom stereocenters. The lowest BCUT2D eigenvalue weighted by Gasteiger charge is -2.09. The summed E-state index contributed by atoms with van der Waals surface area (Å²) in [7, 11) is 0. The maximum absolute atomic E-state index is 12.2. The highest BCUT2D eigenvalue weighted by molar-refractivity contribution is 7.99. The predicted molar refractivity (Wildman–Crippen MR) is 73.7 cm³/mol. The highest BCUT2D eigenvalue weighted by Gasteiger charge is 2.20. The van der Waals surface area contributed by atoms with E-state index in [-0.39, 0.29) is 11.1 Å². The Morgan fingerprint density at radius 1 is 1.37 bits per heavy atom. The number of rotatable bonds is 2. The molecule has 0 radical (unpaired) electrons. The van der Waals surface area contributed by atoms with Crippen molar-refractivity contribution in [2.45, 2.75) is 11.7 Å². The van der Waals surface area contributed by atoms with E-state index < -0.39 is 0 Å². The van der Waals surface area contributed by atoms with Gasteiger partial charge in [0.1, 0.15) is 6.07 Å². The van der Waals surface area contributed by atoms with Crippen molar-refractivity contribution in [1.82, 2.24) is 9.55 Å². The lowest BCUT2D eigenvalue weighted by Crippen LogP contribution is -2.24. The number of thioether (sulfide) groups is 1. The van der Waals surface area contributed by atoms with E-state index in [1.165, 1.54) is 11.8 Å². The fraction of sp³-hybridized carbons (Fsp3) is 0.154. The molecule has 0 aliphatic carbocycles. The third-order valence-corrected chi connectivity index (χ3v) is 3.79. The molecule has 1 N–H and O–H groups in total. The maximum Gasteiger partial charge on any atom is 0.274 e. The van der Waals surface area contributed by atoms with Crippen LogP contribution in [0, 0.1) is 11.3 Å². The molecule has 0 spiro atoms. The van der Waals surface area contributed by atoms with Crippen LogP contribution in [0.2, 0.25) is 0 Å². The van der Waals surface area contributed by atoms with Gasteiger partial charge in [-0.25, -0.2) is 4.98 Å². The van der Waals surface area contributed by atoms with Crippen LogP contribution in [0.25, 0.3) is 0 Å². The second kappa shape index (κ2) is 4.78. The quantitative estimate of drug-likeness (QED) is 0.845. The van der Waals surface area contributed by atoms with Gasteiger partial charge in [0.25, 0.3) is 5.56 Å². The predicted octanol–water partition coefficient (Wildman–Crippen LogP) is 1.96. The average molecular weight is 270 g/mol. The van der Waals surface area contributed by atoms with E-state index in [1.54, 1.807) is 4.57 Å². The van der Waals surface area contributed by atoms with Crippen LogP contribution in [0.5, 0.6) is 0 Å². The molecule has 0 bridgehead atoms. The Morgan fingerprint density at radius 2 is 2.16 bits per heavy atom. The first kappa shape index (κ1) is 11.8. The van der Waals surface area contributed by atoms with Crippen LogP contribution in [0.1, 0.15) is 5.56 Å². The second-order valence-corrected chi connectivity index (χ2v) is 5.09. The molecule has 1 aromatic heterocycles. The Morgan fingerprint density at radius 3 is 2.89 bits per heavy atom. The molecule has 2 heterocycles. The van der Waals surface area contributed by atoms with Crippen molar-refractivity contribution in [2.24, 2.45) is 0 Å². The lowest BCUT2D eigenvalue weighted by molar-refractivity contribution is 0.655. The fourth-order valence-corrected chi connectivity index (χ4v) is 2.86. The summed E-state index contributed by atoms with van der Waals surface area (Å²) >= 11 is 1.53. The summed E-state index contributed by atoms with van der Waals surface area (Å²) in [5.41, 5.74) is 0.602. The average Bonchev–Trinajstić information content (AvgIpc) is 2.89. The van der Waals surface area contributed by atoms with Crippen LogP contribution in [0.3, 0.4) is 0 Å². The molecular formula is C13H10N4OS. The van der Waals surface area contributed by atoms with Gasteiger partial charge in [0.05, 0.1) is 0 Å². The molecule has 2 aromatic rings. The van der Waals surface area contributed by atoms with Crippen molar-refractivity contribution in [3.63, 3.8) is 0 Å². The first-order valence-corrected chi connectivity index (χ1v) is 6.78. The third kappa shape index (κ3) is 2.09. The van der Waals surface area contributed by atoms with Gasteiger partial charge in [-0.3, -0.25) is 9.36 Å². The van der Waals surface area contributed by atoms with Gasteiger partial charge in [-0.05, 0) is 12.1 Å². The SMILES string of the molecule is N#Cc1c(Nc2ccccc2)nc2n(c1=O)CCS2. The molecule has 0 saturated heterocycles. The molecule has 5 nitrogen and oxygen atoms in total. The minimum atomic E-state index is -0.268. The van der Waals surface area contributed by atoms with Crippen LogP contribution < -0.4 is 10.9 Å². The summed E-state index contributed by atoms with van der Waals surface area (Å²) < 4.78 is 1.55. The number of hydrogen-bond donors (Lipinski definition) is 1. The van der Waals surface area contributed by atoms with E-state index >= 15 is 0 Å². The van der Waals surface area contributed by atoms with Crippen molar-refractivity contribution in [2.75, 3.05) is 11.1 Å². The molecule has 1 aliphatic heterocycles. The zero-order valence-corrected chi connectivity index (χ0v) is 10.8. The molecule has 94 valence electrons. The van der Waals surface area contributed by atoms with E-state index in [0.29, 0.717) is 17.5 Å². The summed E-state index contributed by atoms with van der Waals surface area (Å²) in [6.07, 6.45) is 0. The molecule has 0 amide bonds. The number of nitrogens with zero attached hydrogens (tertiary/aromatic N) is 3. The monoisotopic (exact) mass is 270 g/mol. The summed E-state index contributed by atoms with van der Waals surface area (Å²) in [5.74, 6) is 1.15. The van der Waals surface area contributed by atoms with Crippen molar-refractivity contribution in [1.29, 1.82) is 5.26 Å². The van der Waals surface area contributed by atoms with Crippen LogP contribution in [-0.4, -0.2) is 15.3 Å². The third-order valence-electron chi connectivity index (χ3n) is 2.83. The lowest BCUT2D eigenvalue weighted by atomic mass is 10.3. The molecule has 0 saturated carbocycles. The summed E-state index contributed by atoms with van der Waals surface area (Å²) in [5, 5.41) is 12.9. The minimum absolute atomic E-state index is 0.0649. The van der Waals surface area contributed by atoms with Gasteiger partial charge < -0.3 is 5.32 Å². The highest BCUT2D eigenvalue weighted by atomic mass is 32.2. The Labute approximate surface area is 113 Å².